The number of amides is 1. The summed E-state index contributed by atoms with van der Waals surface area (Å²) in [6, 6.07) is 12.3. The molecule has 2 aromatic carbocycles. The van der Waals surface area contributed by atoms with Gasteiger partial charge in [-0.3, -0.25) is 4.79 Å². The second-order valence-corrected chi connectivity index (χ2v) is 6.35. The standard InChI is InChI=1S/C17H17Cl2NO2/c1-11-4-9-15(14(19)10-11)20-16(21)17(2,3)22-13-7-5-12(18)6-8-13/h4-10H,1-3H3,(H,20,21). The molecule has 0 fully saturated rings. The molecule has 22 heavy (non-hydrogen) atoms. The van der Waals surface area contributed by atoms with Crippen molar-refractivity contribution in [2.24, 2.45) is 0 Å². The lowest BCUT2D eigenvalue weighted by Crippen LogP contribution is -2.42. The molecule has 0 spiro atoms. The van der Waals surface area contributed by atoms with E-state index in [4.69, 9.17) is 27.9 Å². The maximum atomic E-state index is 12.4. The van der Waals surface area contributed by atoms with Crippen molar-refractivity contribution in [3.63, 3.8) is 0 Å². The van der Waals surface area contributed by atoms with Crippen LogP contribution in [0.25, 0.3) is 0 Å². The van der Waals surface area contributed by atoms with Gasteiger partial charge in [-0.15, -0.1) is 0 Å². The summed E-state index contributed by atoms with van der Waals surface area (Å²) in [5.74, 6) is 0.285. The van der Waals surface area contributed by atoms with E-state index in [2.05, 4.69) is 5.32 Å². The largest absolute Gasteiger partial charge is 0.478 e. The van der Waals surface area contributed by atoms with Crippen LogP contribution in [0.5, 0.6) is 5.75 Å². The second kappa shape index (κ2) is 6.59. The lowest BCUT2D eigenvalue weighted by Gasteiger charge is -2.25. The van der Waals surface area contributed by atoms with Crippen molar-refractivity contribution in [2.75, 3.05) is 5.32 Å². The molecule has 0 aliphatic rings. The molecule has 0 aliphatic heterocycles. The predicted octanol–water partition coefficient (Wildman–Crippen LogP) is 5.10. The van der Waals surface area contributed by atoms with Crippen LogP contribution in [0.15, 0.2) is 42.5 Å². The van der Waals surface area contributed by atoms with Crippen molar-refractivity contribution in [2.45, 2.75) is 26.4 Å². The summed E-state index contributed by atoms with van der Waals surface area (Å²) >= 11 is 12.0. The van der Waals surface area contributed by atoms with Gasteiger partial charge in [-0.25, -0.2) is 0 Å². The van der Waals surface area contributed by atoms with Gasteiger partial charge in [-0.05, 0) is 62.7 Å². The molecule has 0 aliphatic carbocycles. The summed E-state index contributed by atoms with van der Waals surface area (Å²) in [4.78, 5) is 12.4. The molecule has 0 heterocycles. The van der Waals surface area contributed by atoms with Crippen molar-refractivity contribution in [3.8, 4) is 5.75 Å². The summed E-state index contributed by atoms with van der Waals surface area (Å²) in [6.45, 7) is 5.32. The maximum absolute atomic E-state index is 12.4. The molecule has 0 saturated heterocycles. The van der Waals surface area contributed by atoms with Gasteiger partial charge in [0, 0.05) is 5.02 Å². The van der Waals surface area contributed by atoms with Crippen molar-refractivity contribution in [1.82, 2.24) is 0 Å². The Morgan fingerprint density at radius 1 is 1.09 bits per heavy atom. The number of hydrogen-bond acceptors (Lipinski definition) is 2. The first-order valence-corrected chi connectivity index (χ1v) is 7.56. The molecule has 0 aromatic heterocycles. The van der Waals surface area contributed by atoms with Gasteiger partial charge in [-0.1, -0.05) is 29.3 Å². The number of benzene rings is 2. The average molecular weight is 338 g/mol. The Morgan fingerprint density at radius 2 is 1.73 bits per heavy atom. The van der Waals surface area contributed by atoms with Crippen LogP contribution >= 0.6 is 23.2 Å². The first-order valence-electron chi connectivity index (χ1n) is 6.80. The molecule has 2 aromatic rings. The van der Waals surface area contributed by atoms with Crippen molar-refractivity contribution in [1.29, 1.82) is 0 Å². The highest BCUT2D eigenvalue weighted by Gasteiger charge is 2.30. The van der Waals surface area contributed by atoms with Crippen LogP contribution in [0.3, 0.4) is 0 Å². The second-order valence-electron chi connectivity index (χ2n) is 5.50. The maximum Gasteiger partial charge on any atom is 0.268 e. The van der Waals surface area contributed by atoms with Crippen LogP contribution < -0.4 is 10.1 Å². The third-order valence-electron chi connectivity index (χ3n) is 3.11. The fraction of sp³-hybridized carbons (Fsp3) is 0.235. The van der Waals surface area contributed by atoms with E-state index in [1.165, 1.54) is 0 Å². The van der Waals surface area contributed by atoms with E-state index in [1.54, 1.807) is 50.2 Å². The van der Waals surface area contributed by atoms with Gasteiger partial charge in [0.05, 0.1) is 10.7 Å². The van der Waals surface area contributed by atoms with E-state index in [9.17, 15) is 4.79 Å². The Balaban J connectivity index is 2.11. The van der Waals surface area contributed by atoms with Gasteiger partial charge < -0.3 is 10.1 Å². The number of carbonyl (C=O) groups is 1. The molecule has 116 valence electrons. The van der Waals surface area contributed by atoms with Gasteiger partial charge in [0.25, 0.3) is 5.91 Å². The summed E-state index contributed by atoms with van der Waals surface area (Å²) in [7, 11) is 0. The molecule has 0 atom stereocenters. The molecule has 0 unspecified atom stereocenters. The highest BCUT2D eigenvalue weighted by atomic mass is 35.5. The smallest absolute Gasteiger partial charge is 0.268 e. The average Bonchev–Trinajstić information content (AvgIpc) is 2.44. The zero-order chi connectivity index (χ0) is 16.3. The number of hydrogen-bond donors (Lipinski definition) is 1. The summed E-state index contributed by atoms with van der Waals surface area (Å²) in [5.41, 5.74) is 0.534. The summed E-state index contributed by atoms with van der Waals surface area (Å²) < 4.78 is 5.74. The van der Waals surface area contributed by atoms with E-state index in [1.807, 2.05) is 13.0 Å². The third kappa shape index (κ3) is 4.15. The third-order valence-corrected chi connectivity index (χ3v) is 3.67. The minimum Gasteiger partial charge on any atom is -0.478 e. The highest BCUT2D eigenvalue weighted by molar-refractivity contribution is 6.33. The van der Waals surface area contributed by atoms with Gasteiger partial charge in [-0.2, -0.15) is 0 Å². The topological polar surface area (TPSA) is 38.3 Å². The Kier molecular flexibility index (Phi) is 4.99. The first kappa shape index (κ1) is 16.7. The van der Waals surface area contributed by atoms with Gasteiger partial charge in [0.2, 0.25) is 0 Å². The number of halogens is 2. The molecule has 1 amide bonds. The Labute approximate surface area is 140 Å². The highest BCUT2D eigenvalue weighted by Crippen LogP contribution is 2.26. The van der Waals surface area contributed by atoms with Gasteiger partial charge in [0.1, 0.15) is 5.75 Å². The quantitative estimate of drug-likeness (QED) is 0.842. The minimum absolute atomic E-state index is 0.284. The van der Waals surface area contributed by atoms with Crippen LogP contribution in [0.4, 0.5) is 5.69 Å². The van der Waals surface area contributed by atoms with Crippen molar-refractivity contribution in [3.05, 3.63) is 58.1 Å². The molecule has 0 bridgehead atoms. The molecule has 0 radical (unpaired) electrons. The first-order chi connectivity index (χ1) is 10.3. The van der Waals surface area contributed by atoms with Crippen molar-refractivity contribution >= 4 is 34.8 Å². The Morgan fingerprint density at radius 3 is 2.32 bits per heavy atom. The number of aryl methyl sites for hydroxylation is 1. The Bertz CT molecular complexity index is 682. The molecular formula is C17H17Cl2NO2. The van der Waals surface area contributed by atoms with E-state index < -0.39 is 5.60 Å². The zero-order valence-electron chi connectivity index (χ0n) is 12.6. The van der Waals surface area contributed by atoms with E-state index in [0.29, 0.717) is 21.5 Å². The van der Waals surface area contributed by atoms with Gasteiger partial charge >= 0.3 is 0 Å². The fourth-order valence-corrected chi connectivity index (χ4v) is 2.25. The molecule has 0 saturated carbocycles. The van der Waals surface area contributed by atoms with Crippen LogP contribution in [-0.4, -0.2) is 11.5 Å². The minimum atomic E-state index is -1.05. The molecule has 2 rings (SSSR count). The number of nitrogens with one attached hydrogen (secondary N) is 1. The lowest BCUT2D eigenvalue weighted by molar-refractivity contribution is -0.128. The zero-order valence-corrected chi connectivity index (χ0v) is 14.1. The number of ether oxygens (including phenoxy) is 1. The van der Waals surface area contributed by atoms with Gasteiger partial charge in [0.15, 0.2) is 5.60 Å². The predicted molar refractivity (Wildman–Crippen MR) is 91.0 cm³/mol. The number of carbonyl (C=O) groups excluding carboxylic acids is 1. The summed E-state index contributed by atoms with van der Waals surface area (Å²) in [6.07, 6.45) is 0. The number of rotatable bonds is 4. The molecule has 3 nitrogen and oxygen atoms in total. The van der Waals surface area contributed by atoms with Crippen LogP contribution in [0, 0.1) is 6.92 Å². The normalized spacial score (nSPS) is 11.1. The monoisotopic (exact) mass is 337 g/mol. The molecule has 1 N–H and O–H groups in total. The summed E-state index contributed by atoms with van der Waals surface area (Å²) in [5, 5.41) is 3.90. The number of anilines is 1. The Hall–Kier alpha value is -1.71. The lowest BCUT2D eigenvalue weighted by atomic mass is 10.1. The SMILES string of the molecule is Cc1ccc(NC(=O)C(C)(C)Oc2ccc(Cl)cc2)c(Cl)c1. The van der Waals surface area contributed by atoms with E-state index in [-0.39, 0.29) is 5.91 Å². The molecule has 5 heteroatoms. The molecular weight excluding hydrogens is 321 g/mol. The fourth-order valence-electron chi connectivity index (χ4n) is 1.84. The van der Waals surface area contributed by atoms with Crippen LogP contribution in [0.2, 0.25) is 10.0 Å². The van der Waals surface area contributed by atoms with E-state index in [0.717, 1.165) is 5.56 Å². The van der Waals surface area contributed by atoms with Crippen LogP contribution in [0.1, 0.15) is 19.4 Å². The van der Waals surface area contributed by atoms with Crippen molar-refractivity contribution < 1.29 is 9.53 Å². The van der Waals surface area contributed by atoms with E-state index >= 15 is 0 Å². The van der Waals surface area contributed by atoms with Crippen LogP contribution in [-0.2, 0) is 4.79 Å².